The third kappa shape index (κ3) is 3.29. The van der Waals surface area contributed by atoms with E-state index >= 15 is 0 Å². The van der Waals surface area contributed by atoms with Crippen LogP contribution in [-0.2, 0) is 4.79 Å². The van der Waals surface area contributed by atoms with Gasteiger partial charge in [-0.05, 0) is 19.3 Å². The molecule has 0 amide bonds. The maximum Gasteiger partial charge on any atom is 0.216 e. The largest absolute Gasteiger partial charge is 0.303 e. The van der Waals surface area contributed by atoms with Gasteiger partial charge in [-0.25, -0.2) is 0 Å². The first-order chi connectivity index (χ1) is 7.70. The number of hydrogen-bond donors (Lipinski definition) is 0. The fourth-order valence-electron chi connectivity index (χ4n) is 2.72. The van der Waals surface area contributed by atoms with Crippen molar-refractivity contribution in [2.45, 2.75) is 57.9 Å². The zero-order valence-corrected chi connectivity index (χ0v) is 9.93. The van der Waals surface area contributed by atoms with Crippen molar-refractivity contribution in [1.82, 2.24) is 0 Å². The average molecular weight is 227 g/mol. The van der Waals surface area contributed by atoms with Gasteiger partial charge < -0.3 is 4.79 Å². The summed E-state index contributed by atoms with van der Waals surface area (Å²) < 4.78 is 0. The minimum atomic E-state index is -0.504. The van der Waals surface area contributed by atoms with Gasteiger partial charge in [-0.2, -0.15) is 0 Å². The quantitative estimate of drug-likeness (QED) is 0.398. The lowest BCUT2D eigenvalue weighted by molar-refractivity contribution is -0.535. The first-order valence-corrected chi connectivity index (χ1v) is 6.29. The number of unbranched alkanes of at least 4 members (excludes halogenated alkanes) is 1. The van der Waals surface area contributed by atoms with Crippen LogP contribution in [0.15, 0.2) is 0 Å². The molecule has 0 heterocycles. The highest BCUT2D eigenvalue weighted by Crippen LogP contribution is 2.33. The van der Waals surface area contributed by atoms with Crippen LogP contribution in [-0.4, -0.2) is 17.3 Å². The van der Waals surface area contributed by atoms with E-state index in [1.807, 2.05) is 6.92 Å². The van der Waals surface area contributed by atoms with Crippen molar-refractivity contribution in [2.75, 3.05) is 0 Å². The predicted octanol–water partition coefficient (Wildman–Crippen LogP) is 2.83. The second kappa shape index (κ2) is 6.61. The Balaban J connectivity index is 2.66. The molecule has 1 fully saturated rings. The Hall–Kier alpha value is -0.930. The number of rotatable bonds is 6. The summed E-state index contributed by atoms with van der Waals surface area (Å²) in [6.45, 7) is 2.04. The Morgan fingerprint density at radius 1 is 1.44 bits per heavy atom. The molecule has 16 heavy (non-hydrogen) atoms. The lowest BCUT2D eigenvalue weighted by Gasteiger charge is -2.29. The van der Waals surface area contributed by atoms with Gasteiger partial charge in [0, 0.05) is 23.2 Å². The molecule has 0 bridgehead atoms. The van der Waals surface area contributed by atoms with Gasteiger partial charge in [0.25, 0.3) is 0 Å². The molecule has 0 radical (unpaired) electrons. The molecule has 0 aromatic rings. The zero-order chi connectivity index (χ0) is 12.0. The summed E-state index contributed by atoms with van der Waals surface area (Å²) in [4.78, 5) is 21.8. The summed E-state index contributed by atoms with van der Waals surface area (Å²) >= 11 is 0. The van der Waals surface area contributed by atoms with Crippen molar-refractivity contribution in [3.8, 4) is 0 Å². The first-order valence-electron chi connectivity index (χ1n) is 6.29. The van der Waals surface area contributed by atoms with Crippen molar-refractivity contribution in [1.29, 1.82) is 0 Å². The standard InChI is InChI=1S/C12H21NO3/c1-2-3-8-12(13(15)16)11-7-5-4-6-10(11)9-14/h9-12H,2-8H2,1H3/t10-,11?,12?/m1/s1. The van der Waals surface area contributed by atoms with E-state index in [0.717, 1.165) is 44.8 Å². The molecule has 0 spiro atoms. The topological polar surface area (TPSA) is 60.2 Å². The van der Waals surface area contributed by atoms with Gasteiger partial charge in [0.1, 0.15) is 6.29 Å². The highest BCUT2D eigenvalue weighted by Gasteiger charge is 2.38. The Morgan fingerprint density at radius 3 is 2.69 bits per heavy atom. The summed E-state index contributed by atoms with van der Waals surface area (Å²) in [6, 6.07) is -0.504. The number of nitrogens with zero attached hydrogens (tertiary/aromatic N) is 1. The first kappa shape index (κ1) is 13.1. The maximum absolute atomic E-state index is 11.1. The van der Waals surface area contributed by atoms with E-state index in [2.05, 4.69) is 0 Å². The average Bonchev–Trinajstić information content (AvgIpc) is 2.29. The highest BCUT2D eigenvalue weighted by atomic mass is 16.6. The van der Waals surface area contributed by atoms with E-state index in [0.29, 0.717) is 6.42 Å². The van der Waals surface area contributed by atoms with E-state index in [1.165, 1.54) is 0 Å². The third-order valence-electron chi connectivity index (χ3n) is 3.67. The monoisotopic (exact) mass is 227 g/mol. The molecule has 1 aliphatic carbocycles. The zero-order valence-electron chi connectivity index (χ0n) is 9.93. The van der Waals surface area contributed by atoms with E-state index in [4.69, 9.17) is 0 Å². The van der Waals surface area contributed by atoms with Gasteiger partial charge in [-0.3, -0.25) is 10.1 Å². The molecule has 1 saturated carbocycles. The van der Waals surface area contributed by atoms with Crippen molar-refractivity contribution >= 4 is 6.29 Å². The van der Waals surface area contributed by atoms with Crippen LogP contribution in [0.5, 0.6) is 0 Å². The van der Waals surface area contributed by atoms with Gasteiger partial charge in [0.15, 0.2) is 0 Å². The van der Waals surface area contributed by atoms with Crippen molar-refractivity contribution in [3.05, 3.63) is 10.1 Å². The van der Waals surface area contributed by atoms with Gasteiger partial charge in [-0.15, -0.1) is 0 Å². The van der Waals surface area contributed by atoms with Crippen molar-refractivity contribution in [2.24, 2.45) is 11.8 Å². The summed E-state index contributed by atoms with van der Waals surface area (Å²) in [5.74, 6) is -0.103. The Morgan fingerprint density at radius 2 is 2.12 bits per heavy atom. The van der Waals surface area contributed by atoms with Gasteiger partial charge in [-0.1, -0.05) is 26.2 Å². The minimum Gasteiger partial charge on any atom is -0.303 e. The molecular formula is C12H21NO3. The fourth-order valence-corrected chi connectivity index (χ4v) is 2.72. The number of carbonyl (C=O) groups excluding carboxylic acids is 1. The second-order valence-electron chi connectivity index (χ2n) is 4.74. The number of carbonyl (C=O) groups is 1. The SMILES string of the molecule is CCCCC(C1CCCC[C@@H]1C=O)[N+](=O)[O-]. The molecule has 1 rings (SSSR count). The normalized spacial score (nSPS) is 27.3. The summed E-state index contributed by atoms with van der Waals surface area (Å²) in [5, 5.41) is 11.1. The summed E-state index contributed by atoms with van der Waals surface area (Å²) in [5.41, 5.74) is 0. The second-order valence-corrected chi connectivity index (χ2v) is 4.74. The molecule has 3 atom stereocenters. The number of nitro groups is 1. The van der Waals surface area contributed by atoms with E-state index < -0.39 is 6.04 Å². The lowest BCUT2D eigenvalue weighted by Crippen LogP contribution is -2.36. The minimum absolute atomic E-state index is 0.0206. The number of hydrogen-bond acceptors (Lipinski definition) is 3. The van der Waals surface area contributed by atoms with Crippen LogP contribution in [0, 0.1) is 22.0 Å². The summed E-state index contributed by atoms with van der Waals surface area (Å²) in [6.07, 6.45) is 7.17. The molecular weight excluding hydrogens is 206 g/mol. The molecule has 1 aliphatic rings. The van der Waals surface area contributed by atoms with Crippen LogP contribution < -0.4 is 0 Å². The van der Waals surface area contributed by atoms with Crippen LogP contribution in [0.2, 0.25) is 0 Å². The molecule has 0 aromatic carbocycles. The molecule has 0 aliphatic heterocycles. The van der Waals surface area contributed by atoms with Crippen LogP contribution >= 0.6 is 0 Å². The molecule has 4 nitrogen and oxygen atoms in total. The van der Waals surface area contributed by atoms with Crippen LogP contribution in [0.3, 0.4) is 0 Å². The molecule has 4 heteroatoms. The maximum atomic E-state index is 11.1. The van der Waals surface area contributed by atoms with Crippen LogP contribution in [0.1, 0.15) is 51.9 Å². The van der Waals surface area contributed by atoms with Crippen LogP contribution in [0.4, 0.5) is 0 Å². The van der Waals surface area contributed by atoms with Crippen LogP contribution in [0.25, 0.3) is 0 Å². The molecule has 2 unspecified atom stereocenters. The van der Waals surface area contributed by atoms with E-state index in [1.54, 1.807) is 0 Å². The predicted molar refractivity (Wildman–Crippen MR) is 61.8 cm³/mol. The van der Waals surface area contributed by atoms with E-state index in [9.17, 15) is 14.9 Å². The number of aldehydes is 1. The highest BCUT2D eigenvalue weighted by molar-refractivity contribution is 5.54. The summed E-state index contributed by atoms with van der Waals surface area (Å²) in [7, 11) is 0. The Bertz CT molecular complexity index is 242. The molecule has 0 aromatic heterocycles. The smallest absolute Gasteiger partial charge is 0.216 e. The van der Waals surface area contributed by atoms with Gasteiger partial charge in [0.05, 0.1) is 0 Å². The van der Waals surface area contributed by atoms with Gasteiger partial charge in [0.2, 0.25) is 6.04 Å². The van der Waals surface area contributed by atoms with Gasteiger partial charge >= 0.3 is 0 Å². The Kier molecular flexibility index (Phi) is 5.43. The Labute approximate surface area is 96.6 Å². The lowest BCUT2D eigenvalue weighted by atomic mass is 9.75. The van der Waals surface area contributed by atoms with Crippen molar-refractivity contribution < 1.29 is 9.72 Å². The molecule has 0 saturated heterocycles. The van der Waals surface area contributed by atoms with E-state index in [-0.39, 0.29) is 16.8 Å². The molecule has 0 N–H and O–H groups in total. The molecule has 92 valence electrons. The van der Waals surface area contributed by atoms with Crippen molar-refractivity contribution in [3.63, 3.8) is 0 Å². The fraction of sp³-hybridized carbons (Fsp3) is 0.917. The third-order valence-corrected chi connectivity index (χ3v) is 3.67.